The molecular formula is C15H21ClN4O. The predicted molar refractivity (Wildman–Crippen MR) is 85.9 cm³/mol. The molecule has 3 rings (SSSR count). The van der Waals surface area contributed by atoms with Gasteiger partial charge in [0, 0.05) is 31.4 Å². The molecule has 0 bridgehead atoms. The van der Waals surface area contributed by atoms with Crippen molar-refractivity contribution >= 4 is 18.1 Å². The van der Waals surface area contributed by atoms with Gasteiger partial charge in [0.1, 0.15) is 5.65 Å². The first kappa shape index (κ1) is 15.9. The van der Waals surface area contributed by atoms with E-state index in [9.17, 15) is 4.79 Å². The second-order valence-electron chi connectivity index (χ2n) is 5.52. The SMILES string of the molecule is Cc1ccc2nc(CN3CCCC3CN)cc(=O)n2c1.Cl. The van der Waals surface area contributed by atoms with E-state index in [1.807, 2.05) is 25.3 Å². The summed E-state index contributed by atoms with van der Waals surface area (Å²) in [5.74, 6) is 0. The molecule has 1 saturated heterocycles. The fourth-order valence-corrected chi connectivity index (χ4v) is 2.92. The van der Waals surface area contributed by atoms with Crippen molar-refractivity contribution in [3.05, 3.63) is 46.0 Å². The van der Waals surface area contributed by atoms with Gasteiger partial charge in [0.15, 0.2) is 0 Å². The second kappa shape index (κ2) is 6.56. The summed E-state index contributed by atoms with van der Waals surface area (Å²) in [6.07, 6.45) is 4.14. The number of aromatic nitrogens is 2. The summed E-state index contributed by atoms with van der Waals surface area (Å²) in [4.78, 5) is 19.1. The van der Waals surface area contributed by atoms with Gasteiger partial charge in [-0.3, -0.25) is 14.1 Å². The smallest absolute Gasteiger partial charge is 0.258 e. The zero-order chi connectivity index (χ0) is 14.1. The van der Waals surface area contributed by atoms with Crippen molar-refractivity contribution in [1.82, 2.24) is 14.3 Å². The summed E-state index contributed by atoms with van der Waals surface area (Å²) in [6.45, 7) is 4.39. The van der Waals surface area contributed by atoms with Crippen LogP contribution in [0.4, 0.5) is 0 Å². The van der Waals surface area contributed by atoms with E-state index in [4.69, 9.17) is 5.73 Å². The van der Waals surface area contributed by atoms with Crippen molar-refractivity contribution in [2.75, 3.05) is 13.1 Å². The number of nitrogens with zero attached hydrogens (tertiary/aromatic N) is 3. The first-order valence-corrected chi connectivity index (χ1v) is 7.10. The minimum absolute atomic E-state index is 0. The quantitative estimate of drug-likeness (QED) is 0.929. The standard InChI is InChI=1S/C15H20N4O.ClH/c1-11-4-5-14-17-12(7-15(20)19(14)9-11)10-18-6-2-3-13(18)8-16;/h4-5,7,9,13H,2-3,6,8,10,16H2,1H3;1H. The Hall–Kier alpha value is -1.43. The normalized spacial score (nSPS) is 18.9. The number of likely N-dealkylation sites (tertiary alicyclic amines) is 1. The second-order valence-corrected chi connectivity index (χ2v) is 5.52. The molecule has 0 aromatic carbocycles. The molecule has 1 atom stereocenters. The van der Waals surface area contributed by atoms with Crippen molar-refractivity contribution in [2.45, 2.75) is 32.4 Å². The number of rotatable bonds is 3. The average molecular weight is 309 g/mol. The monoisotopic (exact) mass is 308 g/mol. The van der Waals surface area contributed by atoms with Gasteiger partial charge >= 0.3 is 0 Å². The molecule has 1 unspecified atom stereocenters. The lowest BCUT2D eigenvalue weighted by atomic mass is 10.2. The Morgan fingerprint density at radius 3 is 3.00 bits per heavy atom. The summed E-state index contributed by atoms with van der Waals surface area (Å²) < 4.78 is 1.60. The lowest BCUT2D eigenvalue weighted by Crippen LogP contribution is -2.35. The number of halogens is 1. The van der Waals surface area contributed by atoms with Crippen LogP contribution < -0.4 is 11.3 Å². The van der Waals surface area contributed by atoms with E-state index in [0.717, 1.165) is 24.2 Å². The number of fused-ring (bicyclic) bond motifs is 1. The molecule has 0 amide bonds. The molecule has 114 valence electrons. The first-order chi connectivity index (χ1) is 9.67. The molecule has 6 heteroatoms. The summed E-state index contributed by atoms with van der Waals surface area (Å²) in [5.41, 5.74) is 8.37. The molecule has 5 nitrogen and oxygen atoms in total. The van der Waals surface area contributed by atoms with E-state index in [-0.39, 0.29) is 18.0 Å². The highest BCUT2D eigenvalue weighted by Crippen LogP contribution is 2.18. The predicted octanol–water partition coefficient (Wildman–Crippen LogP) is 1.35. The van der Waals surface area contributed by atoms with Crippen LogP contribution in [0, 0.1) is 6.92 Å². The Bertz CT molecular complexity index is 685. The van der Waals surface area contributed by atoms with Gasteiger partial charge in [-0.05, 0) is 37.9 Å². The van der Waals surface area contributed by atoms with Gasteiger partial charge in [0.2, 0.25) is 0 Å². The first-order valence-electron chi connectivity index (χ1n) is 7.10. The van der Waals surface area contributed by atoms with E-state index >= 15 is 0 Å². The van der Waals surface area contributed by atoms with E-state index in [0.29, 0.717) is 24.8 Å². The van der Waals surface area contributed by atoms with Gasteiger partial charge in [-0.25, -0.2) is 4.98 Å². The zero-order valence-corrected chi connectivity index (χ0v) is 13.0. The molecule has 21 heavy (non-hydrogen) atoms. The van der Waals surface area contributed by atoms with Crippen LogP contribution in [0.2, 0.25) is 0 Å². The number of aryl methyl sites for hydroxylation is 1. The molecule has 2 aromatic heterocycles. The minimum Gasteiger partial charge on any atom is -0.329 e. The van der Waals surface area contributed by atoms with Crippen molar-refractivity contribution in [2.24, 2.45) is 5.73 Å². The molecule has 2 aromatic rings. The van der Waals surface area contributed by atoms with Gasteiger partial charge in [-0.1, -0.05) is 6.07 Å². The highest BCUT2D eigenvalue weighted by molar-refractivity contribution is 5.85. The molecule has 2 N–H and O–H groups in total. The minimum atomic E-state index is -0.0165. The molecule has 1 aliphatic heterocycles. The largest absolute Gasteiger partial charge is 0.329 e. The molecule has 0 radical (unpaired) electrons. The third-order valence-corrected chi connectivity index (χ3v) is 4.00. The van der Waals surface area contributed by atoms with Crippen LogP contribution in [0.1, 0.15) is 24.1 Å². The van der Waals surface area contributed by atoms with Gasteiger partial charge in [0.05, 0.1) is 5.69 Å². The van der Waals surface area contributed by atoms with E-state index in [2.05, 4.69) is 9.88 Å². The van der Waals surface area contributed by atoms with E-state index < -0.39 is 0 Å². The highest BCUT2D eigenvalue weighted by atomic mass is 35.5. The molecular weight excluding hydrogens is 288 g/mol. The number of hydrogen-bond donors (Lipinski definition) is 1. The van der Waals surface area contributed by atoms with Crippen molar-refractivity contribution in [3.8, 4) is 0 Å². The molecule has 1 aliphatic rings. The van der Waals surface area contributed by atoms with Crippen LogP contribution in [0.3, 0.4) is 0 Å². The van der Waals surface area contributed by atoms with Crippen LogP contribution in [-0.4, -0.2) is 33.4 Å². The lowest BCUT2D eigenvalue weighted by Gasteiger charge is -2.22. The third-order valence-electron chi connectivity index (χ3n) is 4.00. The van der Waals surface area contributed by atoms with Crippen molar-refractivity contribution < 1.29 is 0 Å². The molecule has 3 heterocycles. The summed E-state index contributed by atoms with van der Waals surface area (Å²) in [5, 5.41) is 0. The zero-order valence-electron chi connectivity index (χ0n) is 12.2. The summed E-state index contributed by atoms with van der Waals surface area (Å²) in [7, 11) is 0. The van der Waals surface area contributed by atoms with Gasteiger partial charge in [-0.15, -0.1) is 12.4 Å². The van der Waals surface area contributed by atoms with Crippen LogP contribution in [-0.2, 0) is 6.54 Å². The molecule has 0 aliphatic carbocycles. The molecule has 0 saturated carbocycles. The number of pyridine rings is 1. The Morgan fingerprint density at radius 2 is 2.24 bits per heavy atom. The Balaban J connectivity index is 0.00000161. The lowest BCUT2D eigenvalue weighted by molar-refractivity contribution is 0.247. The maximum atomic E-state index is 12.2. The highest BCUT2D eigenvalue weighted by Gasteiger charge is 2.23. The van der Waals surface area contributed by atoms with Crippen molar-refractivity contribution in [1.29, 1.82) is 0 Å². The fourth-order valence-electron chi connectivity index (χ4n) is 2.92. The van der Waals surface area contributed by atoms with Crippen LogP contribution in [0.5, 0.6) is 0 Å². The maximum absolute atomic E-state index is 12.2. The van der Waals surface area contributed by atoms with Gasteiger partial charge < -0.3 is 5.73 Å². The Labute approximate surface area is 130 Å². The average Bonchev–Trinajstić information content (AvgIpc) is 2.87. The number of nitrogens with two attached hydrogens (primary N) is 1. The van der Waals surface area contributed by atoms with Crippen molar-refractivity contribution in [3.63, 3.8) is 0 Å². The number of hydrogen-bond acceptors (Lipinski definition) is 4. The fraction of sp³-hybridized carbons (Fsp3) is 0.467. The summed E-state index contributed by atoms with van der Waals surface area (Å²) in [6, 6.07) is 5.93. The Kier molecular flexibility index (Phi) is 4.98. The Morgan fingerprint density at radius 1 is 1.43 bits per heavy atom. The van der Waals surface area contributed by atoms with Crippen LogP contribution >= 0.6 is 12.4 Å². The topological polar surface area (TPSA) is 63.6 Å². The van der Waals surface area contributed by atoms with Gasteiger partial charge in [-0.2, -0.15) is 0 Å². The van der Waals surface area contributed by atoms with Crippen LogP contribution in [0.15, 0.2) is 29.2 Å². The molecule has 0 spiro atoms. The van der Waals surface area contributed by atoms with E-state index in [1.54, 1.807) is 10.5 Å². The third kappa shape index (κ3) is 3.26. The van der Waals surface area contributed by atoms with Gasteiger partial charge in [0.25, 0.3) is 5.56 Å². The van der Waals surface area contributed by atoms with E-state index in [1.165, 1.54) is 6.42 Å². The van der Waals surface area contributed by atoms with Crippen LogP contribution in [0.25, 0.3) is 5.65 Å². The molecule has 1 fully saturated rings. The maximum Gasteiger partial charge on any atom is 0.258 e. The summed E-state index contributed by atoms with van der Waals surface area (Å²) >= 11 is 0.